The Bertz CT molecular complexity index is 737. The number of nitrogens with two attached hydrogens (primary N) is 1. The molecule has 0 saturated heterocycles. The second-order valence-electron chi connectivity index (χ2n) is 6.54. The van der Waals surface area contributed by atoms with Crippen molar-refractivity contribution in [3.05, 3.63) is 28.1 Å². The SMILES string of the molecule is CC(C)CC(C)(CN)NC(=O)CCn1cnc2sccc2c1=O. The molecule has 0 aliphatic rings. The van der Waals surface area contributed by atoms with Gasteiger partial charge in [0.05, 0.1) is 11.7 Å². The predicted molar refractivity (Wildman–Crippen MR) is 93.6 cm³/mol. The Morgan fingerprint density at radius 1 is 1.52 bits per heavy atom. The minimum Gasteiger partial charge on any atom is -0.350 e. The number of thiophene rings is 1. The number of nitrogens with one attached hydrogen (secondary N) is 1. The summed E-state index contributed by atoms with van der Waals surface area (Å²) in [7, 11) is 0. The maximum Gasteiger partial charge on any atom is 0.262 e. The standard InChI is InChI=1S/C16H24N4O2S/c1-11(2)8-16(3,9-17)19-13(21)4-6-20-10-18-14-12(15(20)22)5-7-23-14/h5,7,10-11H,4,6,8-9,17H2,1-3H3,(H,19,21). The van der Waals surface area contributed by atoms with Crippen LogP contribution in [0.25, 0.3) is 10.2 Å². The summed E-state index contributed by atoms with van der Waals surface area (Å²) in [6.07, 6.45) is 2.55. The highest BCUT2D eigenvalue weighted by atomic mass is 32.1. The van der Waals surface area contributed by atoms with Crippen molar-refractivity contribution < 1.29 is 4.79 Å². The van der Waals surface area contributed by atoms with Crippen molar-refractivity contribution in [2.75, 3.05) is 6.54 Å². The van der Waals surface area contributed by atoms with E-state index in [9.17, 15) is 9.59 Å². The van der Waals surface area contributed by atoms with E-state index in [1.807, 2.05) is 12.3 Å². The molecule has 6 nitrogen and oxygen atoms in total. The van der Waals surface area contributed by atoms with Crippen LogP contribution in [0.4, 0.5) is 0 Å². The van der Waals surface area contributed by atoms with Crippen molar-refractivity contribution in [2.45, 2.75) is 45.7 Å². The van der Waals surface area contributed by atoms with Crippen molar-refractivity contribution in [2.24, 2.45) is 11.7 Å². The van der Waals surface area contributed by atoms with Gasteiger partial charge in [0.15, 0.2) is 0 Å². The van der Waals surface area contributed by atoms with E-state index in [4.69, 9.17) is 5.73 Å². The van der Waals surface area contributed by atoms with Crippen molar-refractivity contribution in [1.29, 1.82) is 0 Å². The molecule has 0 aromatic carbocycles. The molecule has 7 heteroatoms. The predicted octanol–water partition coefficient (Wildman–Crippen LogP) is 1.73. The summed E-state index contributed by atoms with van der Waals surface area (Å²) in [5, 5.41) is 5.44. The first kappa shape index (κ1) is 17.6. The molecule has 1 amide bonds. The van der Waals surface area contributed by atoms with Crippen molar-refractivity contribution in [3.8, 4) is 0 Å². The number of fused-ring (bicyclic) bond motifs is 1. The van der Waals surface area contributed by atoms with Gasteiger partial charge in [-0.05, 0) is 30.7 Å². The zero-order valence-electron chi connectivity index (χ0n) is 13.8. The van der Waals surface area contributed by atoms with Crippen LogP contribution in [-0.2, 0) is 11.3 Å². The highest BCUT2D eigenvalue weighted by molar-refractivity contribution is 7.16. The molecule has 0 saturated carbocycles. The third-order valence-electron chi connectivity index (χ3n) is 3.78. The van der Waals surface area contributed by atoms with Crippen LogP contribution in [0, 0.1) is 5.92 Å². The van der Waals surface area contributed by atoms with E-state index in [1.54, 1.807) is 6.07 Å². The molecule has 2 heterocycles. The van der Waals surface area contributed by atoms with Gasteiger partial charge in [0.25, 0.3) is 5.56 Å². The van der Waals surface area contributed by atoms with Gasteiger partial charge in [0.2, 0.25) is 5.91 Å². The summed E-state index contributed by atoms with van der Waals surface area (Å²) in [5.41, 5.74) is 5.29. The number of rotatable bonds is 7. The fourth-order valence-corrected chi connectivity index (χ4v) is 3.48. The van der Waals surface area contributed by atoms with E-state index in [0.29, 0.717) is 24.4 Å². The average molecular weight is 336 g/mol. The molecule has 0 radical (unpaired) electrons. The highest BCUT2D eigenvalue weighted by Crippen LogP contribution is 2.16. The van der Waals surface area contributed by atoms with Crippen LogP contribution in [0.2, 0.25) is 0 Å². The highest BCUT2D eigenvalue weighted by Gasteiger charge is 2.25. The van der Waals surface area contributed by atoms with Crippen LogP contribution in [0.5, 0.6) is 0 Å². The molecule has 3 N–H and O–H groups in total. The number of hydrogen-bond acceptors (Lipinski definition) is 5. The molecule has 2 aromatic heterocycles. The number of aromatic nitrogens is 2. The quantitative estimate of drug-likeness (QED) is 0.806. The van der Waals surface area contributed by atoms with Gasteiger partial charge in [-0.1, -0.05) is 13.8 Å². The molecule has 0 spiro atoms. The third-order valence-corrected chi connectivity index (χ3v) is 4.60. The Balaban J connectivity index is 2.00. The van der Waals surface area contributed by atoms with Crippen LogP contribution in [0.1, 0.15) is 33.6 Å². The van der Waals surface area contributed by atoms with Gasteiger partial charge in [-0.2, -0.15) is 0 Å². The summed E-state index contributed by atoms with van der Waals surface area (Å²) in [6, 6.07) is 1.76. The van der Waals surface area contributed by atoms with Gasteiger partial charge in [-0.25, -0.2) is 4.98 Å². The fraction of sp³-hybridized carbons (Fsp3) is 0.562. The molecule has 2 aromatic rings. The number of aryl methyl sites for hydroxylation is 1. The number of hydrogen-bond donors (Lipinski definition) is 2. The normalized spacial score (nSPS) is 14.1. The second-order valence-corrected chi connectivity index (χ2v) is 7.44. The number of carbonyl (C=O) groups excluding carboxylic acids is 1. The maximum atomic E-state index is 12.3. The maximum absolute atomic E-state index is 12.3. The van der Waals surface area contributed by atoms with Gasteiger partial charge in [-0.15, -0.1) is 11.3 Å². The van der Waals surface area contributed by atoms with Crippen LogP contribution >= 0.6 is 11.3 Å². The molecule has 0 fully saturated rings. The van der Waals surface area contributed by atoms with Crippen LogP contribution in [-0.4, -0.2) is 27.5 Å². The monoisotopic (exact) mass is 336 g/mol. The Morgan fingerprint density at radius 2 is 2.26 bits per heavy atom. The molecule has 1 unspecified atom stereocenters. The Morgan fingerprint density at radius 3 is 2.91 bits per heavy atom. The third kappa shape index (κ3) is 4.39. The van der Waals surface area contributed by atoms with E-state index in [1.165, 1.54) is 22.2 Å². The minimum absolute atomic E-state index is 0.101. The molecule has 23 heavy (non-hydrogen) atoms. The van der Waals surface area contributed by atoms with E-state index < -0.39 is 5.54 Å². The molecule has 0 aliphatic heterocycles. The lowest BCUT2D eigenvalue weighted by Crippen LogP contribution is -2.52. The van der Waals surface area contributed by atoms with Crippen molar-refractivity contribution in [3.63, 3.8) is 0 Å². The minimum atomic E-state index is -0.411. The van der Waals surface area contributed by atoms with Crippen LogP contribution in [0.15, 0.2) is 22.6 Å². The molecular weight excluding hydrogens is 312 g/mol. The zero-order chi connectivity index (χ0) is 17.0. The van der Waals surface area contributed by atoms with Gasteiger partial charge < -0.3 is 11.1 Å². The lowest BCUT2D eigenvalue weighted by Gasteiger charge is -2.31. The molecule has 2 rings (SSSR count). The Hall–Kier alpha value is -1.73. The Labute approximate surface area is 139 Å². The average Bonchev–Trinajstić information content (AvgIpc) is 2.95. The molecule has 0 aliphatic carbocycles. The molecular formula is C16H24N4O2S. The first-order valence-electron chi connectivity index (χ1n) is 7.78. The van der Waals surface area contributed by atoms with Gasteiger partial charge in [-0.3, -0.25) is 14.2 Å². The number of amides is 1. The summed E-state index contributed by atoms with van der Waals surface area (Å²) in [6.45, 7) is 6.85. The fourth-order valence-electron chi connectivity index (χ4n) is 2.76. The molecule has 1 atom stereocenters. The first-order valence-corrected chi connectivity index (χ1v) is 8.66. The van der Waals surface area contributed by atoms with Gasteiger partial charge >= 0.3 is 0 Å². The van der Waals surface area contributed by atoms with Crippen molar-refractivity contribution >= 4 is 27.5 Å². The van der Waals surface area contributed by atoms with Gasteiger partial charge in [0, 0.05) is 25.0 Å². The summed E-state index contributed by atoms with van der Waals surface area (Å²) in [4.78, 5) is 29.4. The summed E-state index contributed by atoms with van der Waals surface area (Å²) < 4.78 is 1.48. The van der Waals surface area contributed by atoms with Gasteiger partial charge in [0.1, 0.15) is 4.83 Å². The van der Waals surface area contributed by atoms with Crippen molar-refractivity contribution in [1.82, 2.24) is 14.9 Å². The zero-order valence-corrected chi connectivity index (χ0v) is 14.7. The topological polar surface area (TPSA) is 90.0 Å². The Kier molecular flexibility index (Phi) is 5.54. The van der Waals surface area contributed by atoms with E-state index in [2.05, 4.69) is 24.1 Å². The van der Waals surface area contributed by atoms with Crippen LogP contribution < -0.4 is 16.6 Å². The number of carbonyl (C=O) groups is 1. The second kappa shape index (κ2) is 7.23. The molecule has 126 valence electrons. The van der Waals surface area contributed by atoms with E-state index in [0.717, 1.165) is 11.3 Å². The summed E-state index contributed by atoms with van der Waals surface area (Å²) >= 11 is 1.43. The largest absolute Gasteiger partial charge is 0.350 e. The van der Waals surface area contributed by atoms with E-state index in [-0.39, 0.29) is 17.9 Å². The lowest BCUT2D eigenvalue weighted by molar-refractivity contribution is -0.123. The lowest BCUT2D eigenvalue weighted by atomic mass is 9.90. The first-order chi connectivity index (χ1) is 10.8. The summed E-state index contributed by atoms with van der Waals surface area (Å²) in [5.74, 6) is 0.340. The van der Waals surface area contributed by atoms with E-state index >= 15 is 0 Å². The smallest absolute Gasteiger partial charge is 0.262 e. The number of nitrogens with zero attached hydrogens (tertiary/aromatic N) is 2. The molecule has 0 bridgehead atoms. The van der Waals surface area contributed by atoms with Crippen LogP contribution in [0.3, 0.4) is 0 Å².